The van der Waals surface area contributed by atoms with E-state index in [4.69, 9.17) is 0 Å². The number of rotatable bonds is 1. The minimum Gasteiger partial charge on any atom is -0.333 e. The Morgan fingerprint density at radius 3 is 2.38 bits per heavy atom. The fraction of sp³-hybridized carbons (Fsp3) is 0.375. The molecular weight excluding hydrogens is 367 g/mol. The number of aromatic nitrogens is 2. The average Bonchev–Trinajstić information content (AvgIpc) is 2.91. The molecule has 1 atom stereocenters. The lowest BCUT2D eigenvalue weighted by atomic mass is 10.1. The van der Waals surface area contributed by atoms with Crippen molar-refractivity contribution < 1.29 is 30.7 Å². The molecule has 0 saturated heterocycles. The Balaban J connectivity index is 2.02. The number of alkyl halides is 6. The Hall–Kier alpha value is -2.39. The SMILES string of the molecule is Cn1cc(C(F)(F)F)cc(F)/c1=N/C1CCc2cc(C(F)(F)F)ncc21. The van der Waals surface area contributed by atoms with Gasteiger partial charge in [-0.25, -0.2) is 4.39 Å². The van der Waals surface area contributed by atoms with E-state index in [2.05, 4.69) is 9.98 Å². The maximum Gasteiger partial charge on any atom is 0.433 e. The molecule has 0 spiro atoms. The van der Waals surface area contributed by atoms with E-state index in [1.54, 1.807) is 0 Å². The summed E-state index contributed by atoms with van der Waals surface area (Å²) in [7, 11) is 1.22. The van der Waals surface area contributed by atoms with Crippen LogP contribution in [0.3, 0.4) is 0 Å². The van der Waals surface area contributed by atoms with Crippen LogP contribution in [0.25, 0.3) is 0 Å². The van der Waals surface area contributed by atoms with Gasteiger partial charge in [-0.05, 0) is 36.1 Å². The summed E-state index contributed by atoms with van der Waals surface area (Å²) in [5.74, 6) is -1.16. The van der Waals surface area contributed by atoms with Crippen molar-refractivity contribution in [2.45, 2.75) is 31.2 Å². The average molecular weight is 379 g/mol. The first-order valence-electron chi connectivity index (χ1n) is 7.50. The molecule has 10 heteroatoms. The molecule has 140 valence electrons. The molecule has 3 rings (SSSR count). The van der Waals surface area contributed by atoms with Gasteiger partial charge in [0.1, 0.15) is 5.69 Å². The molecule has 0 aromatic carbocycles. The van der Waals surface area contributed by atoms with Gasteiger partial charge in [-0.15, -0.1) is 0 Å². The van der Waals surface area contributed by atoms with Crippen molar-refractivity contribution >= 4 is 0 Å². The molecule has 0 aliphatic heterocycles. The van der Waals surface area contributed by atoms with Crippen LogP contribution in [0.2, 0.25) is 0 Å². The minimum atomic E-state index is -4.70. The number of hydrogen-bond acceptors (Lipinski definition) is 2. The monoisotopic (exact) mass is 379 g/mol. The van der Waals surface area contributed by atoms with Crippen molar-refractivity contribution in [1.29, 1.82) is 0 Å². The van der Waals surface area contributed by atoms with Crippen molar-refractivity contribution in [1.82, 2.24) is 9.55 Å². The van der Waals surface area contributed by atoms with Crippen LogP contribution >= 0.6 is 0 Å². The first-order valence-corrected chi connectivity index (χ1v) is 7.50. The quantitative estimate of drug-likeness (QED) is 0.684. The Bertz CT molecular complexity index is 883. The highest BCUT2D eigenvalue weighted by atomic mass is 19.4. The van der Waals surface area contributed by atoms with Crippen LogP contribution in [0.15, 0.2) is 29.5 Å². The van der Waals surface area contributed by atoms with E-state index in [9.17, 15) is 30.7 Å². The lowest BCUT2D eigenvalue weighted by Gasteiger charge is -2.12. The van der Waals surface area contributed by atoms with E-state index in [1.165, 1.54) is 7.05 Å². The normalized spacial score (nSPS) is 18.3. The molecule has 2 aromatic rings. The van der Waals surface area contributed by atoms with Gasteiger partial charge < -0.3 is 4.57 Å². The van der Waals surface area contributed by atoms with Gasteiger partial charge in [0, 0.05) is 19.4 Å². The number of fused-ring (bicyclic) bond motifs is 1. The summed E-state index contributed by atoms with van der Waals surface area (Å²) >= 11 is 0. The zero-order chi connectivity index (χ0) is 19.3. The van der Waals surface area contributed by atoms with Crippen LogP contribution in [-0.4, -0.2) is 9.55 Å². The predicted octanol–water partition coefficient (Wildman–Crippen LogP) is 4.19. The van der Waals surface area contributed by atoms with E-state index in [-0.39, 0.29) is 5.49 Å². The Morgan fingerprint density at radius 1 is 1.12 bits per heavy atom. The molecule has 0 fully saturated rings. The zero-order valence-electron chi connectivity index (χ0n) is 13.3. The minimum absolute atomic E-state index is 0.293. The zero-order valence-corrected chi connectivity index (χ0v) is 13.3. The highest BCUT2D eigenvalue weighted by molar-refractivity contribution is 5.35. The van der Waals surface area contributed by atoms with Crippen molar-refractivity contribution in [2.75, 3.05) is 0 Å². The second kappa shape index (κ2) is 6.10. The molecule has 2 heterocycles. The molecule has 1 unspecified atom stereocenters. The number of pyridine rings is 2. The maximum atomic E-state index is 14.1. The van der Waals surface area contributed by atoms with Gasteiger partial charge in [-0.2, -0.15) is 26.3 Å². The second-order valence-corrected chi connectivity index (χ2v) is 5.96. The first-order chi connectivity index (χ1) is 12.0. The van der Waals surface area contributed by atoms with Crippen molar-refractivity contribution in [2.24, 2.45) is 12.0 Å². The Labute approximate surface area is 142 Å². The van der Waals surface area contributed by atoms with Crippen LogP contribution in [-0.2, 0) is 25.8 Å². The third-order valence-electron chi connectivity index (χ3n) is 4.13. The lowest BCUT2D eigenvalue weighted by molar-refractivity contribution is -0.141. The van der Waals surface area contributed by atoms with E-state index in [0.29, 0.717) is 36.2 Å². The molecule has 2 aromatic heterocycles. The first kappa shape index (κ1) is 18.4. The van der Waals surface area contributed by atoms with Gasteiger partial charge in [0.15, 0.2) is 11.3 Å². The van der Waals surface area contributed by atoms with Crippen molar-refractivity contribution in [3.05, 3.63) is 58.2 Å². The van der Waals surface area contributed by atoms with E-state index in [0.717, 1.165) is 16.8 Å². The lowest BCUT2D eigenvalue weighted by Crippen LogP contribution is -2.25. The molecule has 0 N–H and O–H groups in total. The Kier molecular flexibility index (Phi) is 4.32. The molecule has 26 heavy (non-hydrogen) atoms. The molecular formula is C16H12F7N3. The van der Waals surface area contributed by atoms with Gasteiger partial charge in [0.05, 0.1) is 11.6 Å². The standard InChI is InChI=1S/C16H12F7N3/c1-26-7-9(15(18,19)20)5-11(17)14(26)25-12-3-2-8-4-13(16(21,22)23)24-6-10(8)12/h4-7,12H,2-3H2,1H3/b25-14-. The summed E-state index contributed by atoms with van der Waals surface area (Å²) < 4.78 is 91.3. The third kappa shape index (κ3) is 3.45. The second-order valence-electron chi connectivity index (χ2n) is 5.96. The third-order valence-corrected chi connectivity index (χ3v) is 4.13. The molecule has 1 aliphatic carbocycles. The molecule has 1 aliphatic rings. The van der Waals surface area contributed by atoms with Crippen LogP contribution in [0.5, 0.6) is 0 Å². The summed E-state index contributed by atoms with van der Waals surface area (Å²) in [6.45, 7) is 0. The van der Waals surface area contributed by atoms with E-state index < -0.39 is 35.5 Å². The molecule has 3 nitrogen and oxygen atoms in total. The van der Waals surface area contributed by atoms with Gasteiger partial charge in [0.25, 0.3) is 0 Å². The van der Waals surface area contributed by atoms with Crippen molar-refractivity contribution in [3.63, 3.8) is 0 Å². The summed E-state index contributed by atoms with van der Waals surface area (Å²) in [5.41, 5.74) is -1.67. The summed E-state index contributed by atoms with van der Waals surface area (Å²) in [6.07, 6.45) is -6.91. The molecule has 0 amide bonds. The summed E-state index contributed by atoms with van der Waals surface area (Å²) in [5, 5.41) is 0. The van der Waals surface area contributed by atoms with Crippen LogP contribution in [0.4, 0.5) is 30.7 Å². The van der Waals surface area contributed by atoms with Gasteiger partial charge in [-0.3, -0.25) is 9.98 Å². The smallest absolute Gasteiger partial charge is 0.333 e. The number of halogens is 7. The van der Waals surface area contributed by atoms with E-state index in [1.807, 2.05) is 0 Å². The molecule has 0 radical (unpaired) electrons. The van der Waals surface area contributed by atoms with Crippen LogP contribution in [0, 0.1) is 5.82 Å². The van der Waals surface area contributed by atoms with Crippen molar-refractivity contribution in [3.8, 4) is 0 Å². The fourth-order valence-corrected chi connectivity index (χ4v) is 2.89. The van der Waals surface area contributed by atoms with Gasteiger partial charge >= 0.3 is 12.4 Å². The summed E-state index contributed by atoms with van der Waals surface area (Å²) in [4.78, 5) is 7.48. The highest BCUT2D eigenvalue weighted by Gasteiger charge is 2.35. The Morgan fingerprint density at radius 2 is 1.81 bits per heavy atom. The molecule has 0 bridgehead atoms. The van der Waals surface area contributed by atoms with Crippen LogP contribution in [0.1, 0.15) is 34.8 Å². The highest BCUT2D eigenvalue weighted by Crippen LogP contribution is 2.37. The van der Waals surface area contributed by atoms with Gasteiger partial charge in [0.2, 0.25) is 0 Å². The largest absolute Gasteiger partial charge is 0.433 e. The predicted molar refractivity (Wildman–Crippen MR) is 76.2 cm³/mol. The fourth-order valence-electron chi connectivity index (χ4n) is 2.89. The van der Waals surface area contributed by atoms with E-state index >= 15 is 0 Å². The van der Waals surface area contributed by atoms with Gasteiger partial charge in [-0.1, -0.05) is 0 Å². The topological polar surface area (TPSA) is 30.2 Å². The number of hydrogen-bond donors (Lipinski definition) is 0. The summed E-state index contributed by atoms with van der Waals surface area (Å²) in [6, 6.07) is 0.602. The molecule has 0 saturated carbocycles. The number of nitrogens with zero attached hydrogens (tertiary/aromatic N) is 3. The van der Waals surface area contributed by atoms with Crippen LogP contribution < -0.4 is 5.49 Å². The number of aryl methyl sites for hydroxylation is 2. The maximum absolute atomic E-state index is 14.1.